The van der Waals surface area contributed by atoms with Crippen LogP contribution in [0.4, 0.5) is 8.78 Å². The van der Waals surface area contributed by atoms with Crippen molar-refractivity contribution in [1.29, 1.82) is 0 Å². The molecule has 4 heteroatoms. The lowest BCUT2D eigenvalue weighted by Crippen LogP contribution is -2.26. The molecule has 0 bridgehead atoms. The summed E-state index contributed by atoms with van der Waals surface area (Å²) in [4.78, 5) is 0. The molecule has 1 aliphatic rings. The first-order valence-corrected chi connectivity index (χ1v) is 7.54. The summed E-state index contributed by atoms with van der Waals surface area (Å²) < 4.78 is 28.8. The van der Waals surface area contributed by atoms with E-state index in [0.717, 1.165) is 19.4 Å². The fourth-order valence-electron chi connectivity index (χ4n) is 2.91. The Balaban J connectivity index is 2.57. The second-order valence-corrected chi connectivity index (χ2v) is 6.88. The van der Waals surface area contributed by atoms with Gasteiger partial charge in [0.2, 0.25) is 0 Å². The summed E-state index contributed by atoms with van der Waals surface area (Å²) in [7, 11) is 0. The Bertz CT molecular complexity index is 486. The summed E-state index contributed by atoms with van der Waals surface area (Å²) in [6, 6.07) is 1.12. The summed E-state index contributed by atoms with van der Waals surface area (Å²) in [5.41, 5.74) is 1.13. The third kappa shape index (κ3) is 3.00. The van der Waals surface area contributed by atoms with Gasteiger partial charge < -0.3 is 5.32 Å². The third-order valence-electron chi connectivity index (χ3n) is 3.92. The van der Waals surface area contributed by atoms with Crippen LogP contribution in [-0.4, -0.2) is 6.54 Å². The highest BCUT2D eigenvalue weighted by Gasteiger charge is 2.33. The molecule has 0 saturated heterocycles. The average Bonchev–Trinajstić information content (AvgIpc) is 2.43. The van der Waals surface area contributed by atoms with E-state index in [1.54, 1.807) is 0 Å². The molecule has 106 valence electrons. The first-order valence-electron chi connectivity index (χ1n) is 6.75. The van der Waals surface area contributed by atoms with Crippen LogP contribution in [0.1, 0.15) is 50.8 Å². The van der Waals surface area contributed by atoms with Gasteiger partial charge >= 0.3 is 0 Å². The smallest absolute Gasteiger partial charge is 0.142 e. The Morgan fingerprint density at radius 2 is 2.11 bits per heavy atom. The van der Waals surface area contributed by atoms with E-state index >= 15 is 0 Å². The maximum atomic E-state index is 14.4. The molecule has 1 aliphatic carbocycles. The Kier molecular flexibility index (Phi) is 4.31. The molecule has 0 spiro atoms. The van der Waals surface area contributed by atoms with Crippen LogP contribution in [0.15, 0.2) is 10.5 Å². The minimum Gasteiger partial charge on any atom is -0.310 e. The van der Waals surface area contributed by atoms with Crippen LogP contribution < -0.4 is 5.32 Å². The van der Waals surface area contributed by atoms with Crippen molar-refractivity contribution in [1.82, 2.24) is 5.32 Å². The van der Waals surface area contributed by atoms with Crippen LogP contribution in [0, 0.1) is 17.0 Å². The predicted octanol–water partition coefficient (Wildman–Crippen LogP) is 4.74. The summed E-state index contributed by atoms with van der Waals surface area (Å²) in [6.07, 6.45) is 2.29. The van der Waals surface area contributed by atoms with Gasteiger partial charge in [-0.3, -0.25) is 0 Å². The van der Waals surface area contributed by atoms with Crippen molar-refractivity contribution in [3.8, 4) is 0 Å². The van der Waals surface area contributed by atoms with Gasteiger partial charge in [0, 0.05) is 11.6 Å². The SMILES string of the molecule is CCNC1CC(C)(C)CCc2c(F)cc(Br)c(F)c21. The number of benzene rings is 1. The van der Waals surface area contributed by atoms with Crippen molar-refractivity contribution in [2.45, 2.75) is 46.1 Å². The predicted molar refractivity (Wildman–Crippen MR) is 77.2 cm³/mol. The lowest BCUT2D eigenvalue weighted by molar-refractivity contribution is 0.273. The Labute approximate surface area is 121 Å². The van der Waals surface area contributed by atoms with Crippen molar-refractivity contribution >= 4 is 15.9 Å². The van der Waals surface area contributed by atoms with E-state index in [1.165, 1.54) is 6.07 Å². The molecule has 1 aromatic carbocycles. The Morgan fingerprint density at radius 1 is 1.42 bits per heavy atom. The Hall–Kier alpha value is -0.480. The molecule has 1 nitrogen and oxygen atoms in total. The van der Waals surface area contributed by atoms with Crippen LogP contribution in [0.25, 0.3) is 0 Å². The van der Waals surface area contributed by atoms with Gasteiger partial charge in [-0.15, -0.1) is 0 Å². The summed E-state index contributed by atoms with van der Waals surface area (Å²) >= 11 is 3.12. The van der Waals surface area contributed by atoms with E-state index in [2.05, 4.69) is 35.1 Å². The Morgan fingerprint density at radius 3 is 2.74 bits per heavy atom. The molecule has 0 radical (unpaired) electrons. The topological polar surface area (TPSA) is 12.0 Å². The van der Waals surface area contributed by atoms with Crippen LogP contribution in [0.5, 0.6) is 0 Å². The van der Waals surface area contributed by atoms with Gasteiger partial charge in [-0.2, -0.15) is 0 Å². The fraction of sp³-hybridized carbons (Fsp3) is 0.600. The molecule has 1 aromatic rings. The quantitative estimate of drug-likeness (QED) is 0.609. The van der Waals surface area contributed by atoms with Crippen LogP contribution >= 0.6 is 15.9 Å². The molecule has 1 N–H and O–H groups in total. The molecule has 19 heavy (non-hydrogen) atoms. The monoisotopic (exact) mass is 331 g/mol. The van der Waals surface area contributed by atoms with Crippen molar-refractivity contribution in [2.24, 2.45) is 5.41 Å². The average molecular weight is 332 g/mol. The zero-order valence-corrected chi connectivity index (χ0v) is 13.2. The largest absolute Gasteiger partial charge is 0.310 e. The zero-order valence-electron chi connectivity index (χ0n) is 11.6. The van der Waals surface area contributed by atoms with E-state index in [0.29, 0.717) is 17.5 Å². The van der Waals surface area contributed by atoms with Gasteiger partial charge in [0.25, 0.3) is 0 Å². The summed E-state index contributed by atoms with van der Waals surface area (Å²) in [5, 5.41) is 3.30. The maximum absolute atomic E-state index is 14.4. The molecule has 0 fully saturated rings. The highest BCUT2D eigenvalue weighted by molar-refractivity contribution is 9.10. The van der Waals surface area contributed by atoms with E-state index in [4.69, 9.17) is 0 Å². The third-order valence-corrected chi connectivity index (χ3v) is 4.50. The molecular formula is C15H20BrF2N. The molecule has 0 aliphatic heterocycles. The summed E-state index contributed by atoms with van der Waals surface area (Å²) in [6.45, 7) is 7.06. The molecule has 1 unspecified atom stereocenters. The van der Waals surface area contributed by atoms with Crippen LogP contribution in [-0.2, 0) is 6.42 Å². The second kappa shape index (κ2) is 5.49. The van der Waals surface area contributed by atoms with E-state index in [9.17, 15) is 8.78 Å². The number of nitrogens with one attached hydrogen (secondary N) is 1. The number of halogens is 3. The molecule has 0 heterocycles. The first-order chi connectivity index (χ1) is 8.85. The van der Waals surface area contributed by atoms with Gasteiger partial charge in [0.05, 0.1) is 4.47 Å². The second-order valence-electron chi connectivity index (χ2n) is 6.03. The fourth-order valence-corrected chi connectivity index (χ4v) is 3.32. The normalized spacial score (nSPS) is 21.9. The van der Waals surface area contributed by atoms with E-state index in [1.807, 2.05) is 6.92 Å². The summed E-state index contributed by atoms with van der Waals surface area (Å²) in [5.74, 6) is -0.621. The van der Waals surface area contributed by atoms with Crippen molar-refractivity contribution in [3.63, 3.8) is 0 Å². The molecule has 0 amide bonds. The first kappa shape index (κ1) is 14.9. The minimum absolute atomic E-state index is 0.0806. The highest BCUT2D eigenvalue weighted by Crippen LogP contribution is 2.42. The van der Waals surface area contributed by atoms with E-state index in [-0.39, 0.29) is 27.6 Å². The standard InChI is InChI=1S/C15H20BrF2N/c1-4-19-12-8-15(2,3)6-5-9-11(17)7-10(16)14(18)13(9)12/h7,12,19H,4-6,8H2,1-3H3. The van der Waals surface area contributed by atoms with Crippen molar-refractivity contribution in [3.05, 3.63) is 33.3 Å². The minimum atomic E-state index is -0.319. The lowest BCUT2D eigenvalue weighted by Gasteiger charge is -2.27. The van der Waals surface area contributed by atoms with Gasteiger partial charge in [-0.1, -0.05) is 20.8 Å². The molecule has 0 aromatic heterocycles. The lowest BCUT2D eigenvalue weighted by atomic mass is 9.83. The number of hydrogen-bond acceptors (Lipinski definition) is 1. The number of hydrogen-bond donors (Lipinski definition) is 1. The van der Waals surface area contributed by atoms with Crippen molar-refractivity contribution in [2.75, 3.05) is 6.54 Å². The highest BCUT2D eigenvalue weighted by atomic mass is 79.9. The van der Waals surface area contributed by atoms with Gasteiger partial charge in [0.1, 0.15) is 11.6 Å². The van der Waals surface area contributed by atoms with Gasteiger partial charge in [-0.05, 0) is 58.8 Å². The van der Waals surface area contributed by atoms with Gasteiger partial charge in [0.15, 0.2) is 0 Å². The molecule has 0 saturated carbocycles. The maximum Gasteiger partial charge on any atom is 0.142 e. The van der Waals surface area contributed by atoms with Gasteiger partial charge in [-0.25, -0.2) is 8.78 Å². The molecule has 1 atom stereocenters. The van der Waals surface area contributed by atoms with Crippen molar-refractivity contribution < 1.29 is 8.78 Å². The van der Waals surface area contributed by atoms with Crippen LogP contribution in [0.3, 0.4) is 0 Å². The zero-order chi connectivity index (χ0) is 14.2. The van der Waals surface area contributed by atoms with E-state index < -0.39 is 0 Å². The number of rotatable bonds is 2. The molecule has 2 rings (SSSR count). The molecular weight excluding hydrogens is 312 g/mol. The van der Waals surface area contributed by atoms with Crippen LogP contribution in [0.2, 0.25) is 0 Å². The number of fused-ring (bicyclic) bond motifs is 1.